The summed E-state index contributed by atoms with van der Waals surface area (Å²) in [6.45, 7) is 2.13. The molecule has 0 bridgehead atoms. The molecule has 0 amide bonds. The lowest BCUT2D eigenvalue weighted by Crippen LogP contribution is -2.22. The average Bonchev–Trinajstić information content (AvgIpc) is 2.76. The molecular formula is C11H12N4O3. The first-order chi connectivity index (χ1) is 8.61. The molecule has 94 valence electrons. The van der Waals surface area contributed by atoms with Crippen LogP contribution in [-0.2, 0) is 11.3 Å². The fraction of sp³-hybridized carbons (Fsp3) is 0.455. The first-order valence-corrected chi connectivity index (χ1v) is 5.66. The Kier molecular flexibility index (Phi) is 2.22. The van der Waals surface area contributed by atoms with Gasteiger partial charge in [-0.3, -0.25) is 4.79 Å². The molecule has 1 aliphatic carbocycles. The van der Waals surface area contributed by atoms with E-state index in [1.165, 1.54) is 4.68 Å². The fourth-order valence-corrected chi connectivity index (χ4v) is 1.96. The highest BCUT2D eigenvalue weighted by atomic mass is 16.4. The van der Waals surface area contributed by atoms with Gasteiger partial charge >= 0.3 is 5.97 Å². The smallest absolute Gasteiger partial charge is 0.311 e. The predicted molar refractivity (Wildman–Crippen MR) is 59.6 cm³/mol. The molecule has 1 saturated carbocycles. The zero-order valence-corrected chi connectivity index (χ0v) is 9.83. The summed E-state index contributed by atoms with van der Waals surface area (Å²) < 4.78 is 6.74. The topological polar surface area (TPSA) is 94.0 Å². The van der Waals surface area contributed by atoms with Crippen LogP contribution >= 0.6 is 0 Å². The van der Waals surface area contributed by atoms with Crippen molar-refractivity contribution in [3.63, 3.8) is 0 Å². The molecule has 2 heterocycles. The van der Waals surface area contributed by atoms with Crippen LogP contribution in [0.15, 0.2) is 16.7 Å². The third kappa shape index (κ3) is 1.68. The number of aryl methyl sites for hydroxylation is 1. The largest absolute Gasteiger partial charge is 0.481 e. The maximum absolute atomic E-state index is 11.2. The van der Waals surface area contributed by atoms with Gasteiger partial charge in [0.2, 0.25) is 0 Å². The number of carbonyl (C=O) groups is 1. The maximum Gasteiger partial charge on any atom is 0.311 e. The van der Waals surface area contributed by atoms with Gasteiger partial charge in [0.15, 0.2) is 5.82 Å². The SMILES string of the molecule is Cc1cc(-c2nnnn2CC2(C(=O)O)CC2)co1. The van der Waals surface area contributed by atoms with Gasteiger partial charge in [-0.05, 0) is 36.3 Å². The van der Waals surface area contributed by atoms with E-state index in [1.807, 2.05) is 13.0 Å². The molecule has 18 heavy (non-hydrogen) atoms. The molecule has 0 radical (unpaired) electrons. The molecule has 2 aromatic rings. The number of tetrazole rings is 1. The molecular weight excluding hydrogens is 236 g/mol. The quantitative estimate of drug-likeness (QED) is 0.870. The monoisotopic (exact) mass is 248 g/mol. The summed E-state index contributed by atoms with van der Waals surface area (Å²) in [5.41, 5.74) is 0.0711. The van der Waals surface area contributed by atoms with E-state index >= 15 is 0 Å². The van der Waals surface area contributed by atoms with Crippen LogP contribution in [0.4, 0.5) is 0 Å². The highest BCUT2D eigenvalue weighted by molar-refractivity contribution is 5.77. The number of hydrogen-bond acceptors (Lipinski definition) is 5. The van der Waals surface area contributed by atoms with Crippen LogP contribution in [-0.4, -0.2) is 31.3 Å². The summed E-state index contributed by atoms with van der Waals surface area (Å²) in [5.74, 6) is 0.519. The second-order valence-electron chi connectivity index (χ2n) is 4.69. The Morgan fingerprint density at radius 3 is 2.94 bits per heavy atom. The zero-order chi connectivity index (χ0) is 12.8. The van der Waals surface area contributed by atoms with Crippen LogP contribution < -0.4 is 0 Å². The number of furan rings is 1. The van der Waals surface area contributed by atoms with Crippen molar-refractivity contribution in [2.75, 3.05) is 0 Å². The van der Waals surface area contributed by atoms with E-state index in [-0.39, 0.29) is 0 Å². The van der Waals surface area contributed by atoms with E-state index in [1.54, 1.807) is 6.26 Å². The van der Waals surface area contributed by atoms with E-state index in [4.69, 9.17) is 9.52 Å². The van der Waals surface area contributed by atoms with Crippen molar-refractivity contribution >= 4 is 5.97 Å². The van der Waals surface area contributed by atoms with Gasteiger partial charge in [0.25, 0.3) is 0 Å². The number of aromatic nitrogens is 4. The third-order valence-corrected chi connectivity index (χ3v) is 3.28. The van der Waals surface area contributed by atoms with Crippen LogP contribution in [0.5, 0.6) is 0 Å². The molecule has 0 aromatic carbocycles. The summed E-state index contributed by atoms with van der Waals surface area (Å²) >= 11 is 0. The molecule has 7 nitrogen and oxygen atoms in total. The van der Waals surface area contributed by atoms with E-state index in [0.29, 0.717) is 25.2 Å². The highest BCUT2D eigenvalue weighted by Gasteiger charge is 2.51. The van der Waals surface area contributed by atoms with Gasteiger partial charge in [0.05, 0.1) is 17.5 Å². The summed E-state index contributed by atoms with van der Waals surface area (Å²) in [5, 5.41) is 20.6. The third-order valence-electron chi connectivity index (χ3n) is 3.28. The Morgan fingerprint density at radius 1 is 1.61 bits per heavy atom. The van der Waals surface area contributed by atoms with Gasteiger partial charge < -0.3 is 9.52 Å². The van der Waals surface area contributed by atoms with Gasteiger partial charge in [-0.2, -0.15) is 0 Å². The van der Waals surface area contributed by atoms with Crippen LogP contribution in [0.3, 0.4) is 0 Å². The van der Waals surface area contributed by atoms with Crippen molar-refractivity contribution in [2.45, 2.75) is 26.3 Å². The number of carboxylic acid groups (broad SMARTS) is 1. The van der Waals surface area contributed by atoms with Gasteiger partial charge in [-0.15, -0.1) is 5.10 Å². The van der Waals surface area contributed by atoms with Gasteiger partial charge in [-0.1, -0.05) is 0 Å². The summed E-state index contributed by atoms with van der Waals surface area (Å²) in [6, 6.07) is 1.82. The molecule has 7 heteroatoms. The number of nitrogens with zero attached hydrogens (tertiary/aromatic N) is 4. The van der Waals surface area contributed by atoms with Crippen molar-refractivity contribution in [1.82, 2.24) is 20.2 Å². The minimum atomic E-state index is -0.785. The normalized spacial score (nSPS) is 16.7. The molecule has 0 aliphatic heterocycles. The van der Waals surface area contributed by atoms with Gasteiger partial charge in [-0.25, -0.2) is 4.68 Å². The lowest BCUT2D eigenvalue weighted by Gasteiger charge is -2.09. The molecule has 0 spiro atoms. The van der Waals surface area contributed by atoms with Gasteiger partial charge in [0.1, 0.15) is 12.0 Å². The van der Waals surface area contributed by atoms with Gasteiger partial charge in [0, 0.05) is 0 Å². The Balaban J connectivity index is 1.91. The molecule has 0 unspecified atom stereocenters. The Hall–Kier alpha value is -2.18. The Bertz CT molecular complexity index is 597. The molecule has 1 fully saturated rings. The van der Waals surface area contributed by atoms with Crippen molar-refractivity contribution in [2.24, 2.45) is 5.41 Å². The van der Waals surface area contributed by atoms with Crippen LogP contribution in [0.2, 0.25) is 0 Å². The van der Waals surface area contributed by atoms with E-state index < -0.39 is 11.4 Å². The molecule has 0 saturated heterocycles. The summed E-state index contributed by atoms with van der Waals surface area (Å²) in [4.78, 5) is 11.2. The van der Waals surface area contributed by atoms with Crippen LogP contribution in [0.25, 0.3) is 11.4 Å². The van der Waals surface area contributed by atoms with Crippen LogP contribution in [0, 0.1) is 12.3 Å². The summed E-state index contributed by atoms with van der Waals surface area (Å²) in [7, 11) is 0. The minimum absolute atomic E-state index is 0.300. The number of aliphatic carboxylic acids is 1. The molecule has 0 atom stereocenters. The average molecular weight is 248 g/mol. The number of carboxylic acids is 1. The lowest BCUT2D eigenvalue weighted by molar-refractivity contribution is -0.144. The standard InChI is InChI=1S/C11H12N4O3/c1-7-4-8(5-18-7)9-12-13-14-15(9)6-11(2-3-11)10(16)17/h4-5H,2-3,6H2,1H3,(H,16,17). The predicted octanol–water partition coefficient (Wildman–Crippen LogP) is 1.11. The molecule has 1 aliphatic rings. The number of hydrogen-bond donors (Lipinski definition) is 1. The lowest BCUT2D eigenvalue weighted by atomic mass is 10.1. The van der Waals surface area contributed by atoms with Crippen molar-refractivity contribution in [3.05, 3.63) is 18.1 Å². The van der Waals surface area contributed by atoms with Crippen molar-refractivity contribution in [1.29, 1.82) is 0 Å². The second kappa shape index (κ2) is 3.66. The van der Waals surface area contributed by atoms with Crippen molar-refractivity contribution < 1.29 is 14.3 Å². The van der Waals surface area contributed by atoms with Crippen LogP contribution in [0.1, 0.15) is 18.6 Å². The highest BCUT2D eigenvalue weighted by Crippen LogP contribution is 2.47. The molecule has 2 aromatic heterocycles. The number of rotatable bonds is 4. The first kappa shape index (κ1) is 10.9. The summed E-state index contributed by atoms with van der Waals surface area (Å²) in [6.07, 6.45) is 2.91. The van der Waals surface area contributed by atoms with E-state index in [0.717, 1.165) is 11.3 Å². The molecule has 3 rings (SSSR count). The second-order valence-corrected chi connectivity index (χ2v) is 4.69. The fourth-order valence-electron chi connectivity index (χ4n) is 1.96. The Morgan fingerprint density at radius 2 is 2.39 bits per heavy atom. The van der Waals surface area contributed by atoms with E-state index in [2.05, 4.69) is 15.5 Å². The maximum atomic E-state index is 11.2. The van der Waals surface area contributed by atoms with E-state index in [9.17, 15) is 4.79 Å². The minimum Gasteiger partial charge on any atom is -0.481 e. The Labute approximate surface area is 102 Å². The van der Waals surface area contributed by atoms with Crippen molar-refractivity contribution in [3.8, 4) is 11.4 Å². The first-order valence-electron chi connectivity index (χ1n) is 5.66. The molecule has 1 N–H and O–H groups in total. The zero-order valence-electron chi connectivity index (χ0n) is 9.83.